The highest BCUT2D eigenvalue weighted by atomic mass is 31.2. The van der Waals surface area contributed by atoms with E-state index in [1.165, 1.54) is 31.4 Å². The molecule has 1 rings (SSSR count). The molecule has 0 atom stereocenters. The van der Waals surface area contributed by atoms with Crippen molar-refractivity contribution in [3.05, 3.63) is 54.6 Å². The number of carbonyl (C=O) groups is 1. The first kappa shape index (κ1) is 19.1. The second kappa shape index (κ2) is 9.27. The lowest BCUT2D eigenvalue weighted by Crippen LogP contribution is -2.07. The van der Waals surface area contributed by atoms with Crippen LogP contribution in [0.1, 0.15) is 15.9 Å². The molecule has 0 aliphatic heterocycles. The third-order valence-corrected chi connectivity index (χ3v) is 4.03. The normalized spacial score (nSPS) is 11.0. The van der Waals surface area contributed by atoms with Crippen LogP contribution in [0.3, 0.4) is 0 Å². The summed E-state index contributed by atoms with van der Waals surface area (Å²) in [6.07, 6.45) is 2.78. The average Bonchev–Trinajstić information content (AvgIpc) is 2.56. The molecule has 0 heterocycles. The summed E-state index contributed by atoms with van der Waals surface area (Å²) in [5.41, 5.74) is 0.204. The van der Waals surface area contributed by atoms with Crippen LogP contribution in [-0.4, -0.2) is 31.4 Å². The minimum absolute atomic E-state index is 0.0247. The summed E-state index contributed by atoms with van der Waals surface area (Å²) in [5, 5.41) is 9.23. The zero-order chi connectivity index (χ0) is 17.3. The van der Waals surface area contributed by atoms with Crippen molar-refractivity contribution in [1.82, 2.24) is 0 Å². The van der Waals surface area contributed by atoms with E-state index in [1.54, 1.807) is 6.07 Å². The number of carboxylic acid groups (broad SMARTS) is 1. The van der Waals surface area contributed by atoms with Crippen molar-refractivity contribution in [1.29, 1.82) is 0 Å². The molecule has 1 aromatic rings. The van der Waals surface area contributed by atoms with Crippen molar-refractivity contribution >= 4 is 13.8 Å². The summed E-state index contributed by atoms with van der Waals surface area (Å²) >= 11 is 0. The van der Waals surface area contributed by atoms with Gasteiger partial charge in [0.1, 0.15) is 5.75 Å². The first-order valence-corrected chi connectivity index (χ1v) is 8.08. The maximum absolute atomic E-state index is 12.4. The quantitative estimate of drug-likeness (QED) is 0.486. The Morgan fingerprint density at radius 2 is 1.83 bits per heavy atom. The summed E-state index contributed by atoms with van der Waals surface area (Å²) in [7, 11) is -2.49. The highest BCUT2D eigenvalue weighted by molar-refractivity contribution is 7.48. The fourth-order valence-electron chi connectivity index (χ4n) is 1.65. The van der Waals surface area contributed by atoms with E-state index in [0.29, 0.717) is 5.75 Å². The molecule has 0 radical (unpaired) electrons. The molecule has 0 spiro atoms. The number of methoxy groups -OCH3 is 1. The number of phosphoric acid groups is 1. The third-order valence-electron chi connectivity index (χ3n) is 2.65. The van der Waals surface area contributed by atoms with Crippen LogP contribution < -0.4 is 4.74 Å². The van der Waals surface area contributed by atoms with E-state index in [-0.39, 0.29) is 30.9 Å². The minimum Gasteiger partial charge on any atom is -0.496 e. The molecular weight excluding hydrogens is 323 g/mol. The predicted molar refractivity (Wildman–Crippen MR) is 84.6 cm³/mol. The smallest absolute Gasteiger partial charge is 0.475 e. The second-order valence-electron chi connectivity index (χ2n) is 4.18. The zero-order valence-corrected chi connectivity index (χ0v) is 13.7. The standard InChI is InChI=1S/C15H19O7P/c1-4-9-20-23(18,21-10-5-2)22-11-13-12(15(16)17)7-6-8-14(13)19-3/h4-8H,1-2,9-11H2,3H3,(H,16,17). The Labute approximate surface area is 134 Å². The molecule has 7 nitrogen and oxygen atoms in total. The van der Waals surface area contributed by atoms with Gasteiger partial charge >= 0.3 is 13.8 Å². The molecule has 126 valence electrons. The van der Waals surface area contributed by atoms with Gasteiger partial charge in [-0.25, -0.2) is 9.36 Å². The Morgan fingerprint density at radius 3 is 2.30 bits per heavy atom. The lowest BCUT2D eigenvalue weighted by atomic mass is 10.1. The molecule has 1 N–H and O–H groups in total. The fourth-order valence-corrected chi connectivity index (χ4v) is 2.74. The number of phosphoric ester groups is 1. The van der Waals surface area contributed by atoms with Gasteiger partial charge < -0.3 is 9.84 Å². The summed E-state index contributed by atoms with van der Waals surface area (Å²) in [4.78, 5) is 11.3. The van der Waals surface area contributed by atoms with E-state index in [4.69, 9.17) is 18.3 Å². The van der Waals surface area contributed by atoms with Crippen molar-refractivity contribution in [2.45, 2.75) is 6.61 Å². The number of carboxylic acids is 1. The maximum atomic E-state index is 12.4. The van der Waals surface area contributed by atoms with Gasteiger partial charge in [0.15, 0.2) is 0 Å². The molecular formula is C15H19O7P. The number of ether oxygens (including phenoxy) is 1. The van der Waals surface area contributed by atoms with E-state index in [2.05, 4.69) is 13.2 Å². The van der Waals surface area contributed by atoms with E-state index in [1.807, 2.05) is 0 Å². The number of aromatic carboxylic acids is 1. The van der Waals surface area contributed by atoms with Gasteiger partial charge in [0.25, 0.3) is 0 Å². The summed E-state index contributed by atoms with van der Waals surface area (Å²) < 4.78 is 32.8. The van der Waals surface area contributed by atoms with E-state index in [0.717, 1.165) is 0 Å². The van der Waals surface area contributed by atoms with Crippen molar-refractivity contribution < 1.29 is 32.8 Å². The lowest BCUT2D eigenvalue weighted by molar-refractivity contribution is 0.0689. The zero-order valence-electron chi connectivity index (χ0n) is 12.8. The summed E-state index contributed by atoms with van der Waals surface area (Å²) in [5.74, 6) is -0.861. The number of rotatable bonds is 11. The van der Waals surface area contributed by atoms with Gasteiger partial charge in [-0.15, -0.1) is 13.2 Å². The van der Waals surface area contributed by atoms with Gasteiger partial charge in [-0.1, -0.05) is 18.2 Å². The van der Waals surface area contributed by atoms with Crippen LogP contribution in [0.4, 0.5) is 0 Å². The van der Waals surface area contributed by atoms with Crippen molar-refractivity contribution in [3.63, 3.8) is 0 Å². The van der Waals surface area contributed by atoms with Crippen LogP contribution in [0.15, 0.2) is 43.5 Å². The van der Waals surface area contributed by atoms with Gasteiger partial charge in [0, 0.05) is 5.56 Å². The van der Waals surface area contributed by atoms with Crippen LogP contribution in [0.2, 0.25) is 0 Å². The van der Waals surface area contributed by atoms with Gasteiger partial charge in [-0.3, -0.25) is 13.6 Å². The molecule has 8 heteroatoms. The van der Waals surface area contributed by atoms with Crippen LogP contribution in [-0.2, 0) is 24.7 Å². The Hall–Kier alpha value is -1.92. The number of hydrogen-bond donors (Lipinski definition) is 1. The maximum Gasteiger partial charge on any atom is 0.475 e. The van der Waals surface area contributed by atoms with E-state index < -0.39 is 13.8 Å². The van der Waals surface area contributed by atoms with Crippen LogP contribution in [0.25, 0.3) is 0 Å². The van der Waals surface area contributed by atoms with E-state index >= 15 is 0 Å². The molecule has 23 heavy (non-hydrogen) atoms. The third kappa shape index (κ3) is 5.65. The molecule has 0 amide bonds. The van der Waals surface area contributed by atoms with Gasteiger partial charge in [0.05, 0.1) is 32.5 Å². The number of hydrogen-bond acceptors (Lipinski definition) is 6. The van der Waals surface area contributed by atoms with Crippen LogP contribution in [0, 0.1) is 0 Å². The molecule has 0 aliphatic rings. The average molecular weight is 342 g/mol. The van der Waals surface area contributed by atoms with Gasteiger partial charge in [-0.05, 0) is 12.1 Å². The van der Waals surface area contributed by atoms with Crippen LogP contribution in [0.5, 0.6) is 5.75 Å². The Bertz CT molecular complexity index is 596. The van der Waals surface area contributed by atoms with Gasteiger partial charge in [-0.2, -0.15) is 0 Å². The van der Waals surface area contributed by atoms with Crippen LogP contribution >= 0.6 is 7.82 Å². The highest BCUT2D eigenvalue weighted by Crippen LogP contribution is 2.50. The second-order valence-corrected chi connectivity index (χ2v) is 5.85. The first-order chi connectivity index (χ1) is 11.0. The fraction of sp³-hybridized carbons (Fsp3) is 0.267. The summed E-state index contributed by atoms with van der Waals surface area (Å²) in [6.45, 7) is 6.48. The number of benzene rings is 1. The highest BCUT2D eigenvalue weighted by Gasteiger charge is 2.27. The largest absolute Gasteiger partial charge is 0.496 e. The van der Waals surface area contributed by atoms with Crippen molar-refractivity contribution in [2.75, 3.05) is 20.3 Å². The molecule has 0 bridgehead atoms. The SMILES string of the molecule is C=CCOP(=O)(OCC=C)OCc1c(OC)cccc1C(=O)O. The molecule has 0 saturated carbocycles. The lowest BCUT2D eigenvalue weighted by Gasteiger charge is -2.18. The summed E-state index contributed by atoms with van der Waals surface area (Å²) in [6, 6.07) is 4.50. The molecule has 0 unspecified atom stereocenters. The Kier molecular flexibility index (Phi) is 7.71. The van der Waals surface area contributed by atoms with Crippen molar-refractivity contribution in [2.24, 2.45) is 0 Å². The van der Waals surface area contributed by atoms with Crippen molar-refractivity contribution in [3.8, 4) is 5.75 Å². The predicted octanol–water partition coefficient (Wildman–Crippen LogP) is 3.42. The topological polar surface area (TPSA) is 91.3 Å². The Morgan fingerprint density at radius 1 is 1.22 bits per heavy atom. The molecule has 0 aromatic heterocycles. The first-order valence-electron chi connectivity index (χ1n) is 6.62. The molecule has 0 fully saturated rings. The van der Waals surface area contributed by atoms with Gasteiger partial charge in [0.2, 0.25) is 0 Å². The Balaban J connectivity index is 3.00. The van der Waals surface area contributed by atoms with E-state index in [9.17, 15) is 14.5 Å². The monoisotopic (exact) mass is 342 g/mol. The minimum atomic E-state index is -3.89. The molecule has 0 aliphatic carbocycles. The molecule has 0 saturated heterocycles. The molecule has 1 aromatic carbocycles.